The highest BCUT2D eigenvalue weighted by Crippen LogP contribution is 2.20. The number of nitrogens with one attached hydrogen (secondary N) is 3. The van der Waals surface area contributed by atoms with Gasteiger partial charge in [0.2, 0.25) is 5.91 Å². The number of hydrogen-bond donors (Lipinski definition) is 3. The van der Waals surface area contributed by atoms with Crippen LogP contribution in [0.15, 0.2) is 24.3 Å². The zero-order valence-electron chi connectivity index (χ0n) is 17.8. The number of anilines is 1. The molecule has 1 fully saturated rings. The maximum atomic E-state index is 12.7. The number of carbonyl (C=O) groups excluding carboxylic acids is 3. The molecule has 1 saturated heterocycles. The van der Waals surface area contributed by atoms with Crippen LogP contribution in [0.3, 0.4) is 0 Å². The standard InChI is InChI=1S/C22H34N4O3/c1-4-5-6-13-23-20(27)17-11-14-26(15-12-17)21(28)18-7-9-19(10-8-18)25-22(29)24-16(2)3/h7-10,16-17H,4-6,11-15H2,1-3H3,(H,23,27)(H2,24,25,29). The lowest BCUT2D eigenvalue weighted by molar-refractivity contribution is -0.126. The van der Waals surface area contributed by atoms with Crippen molar-refractivity contribution in [2.24, 2.45) is 5.92 Å². The summed E-state index contributed by atoms with van der Waals surface area (Å²) < 4.78 is 0. The summed E-state index contributed by atoms with van der Waals surface area (Å²) in [5.41, 5.74) is 1.22. The fourth-order valence-electron chi connectivity index (χ4n) is 3.38. The Balaban J connectivity index is 1.80. The number of rotatable bonds is 8. The highest BCUT2D eigenvalue weighted by Gasteiger charge is 2.27. The van der Waals surface area contributed by atoms with Crippen LogP contribution in [-0.2, 0) is 4.79 Å². The van der Waals surface area contributed by atoms with Crippen molar-refractivity contribution in [3.05, 3.63) is 29.8 Å². The van der Waals surface area contributed by atoms with E-state index in [1.54, 1.807) is 29.2 Å². The third-order valence-corrected chi connectivity index (χ3v) is 5.04. The smallest absolute Gasteiger partial charge is 0.319 e. The molecule has 1 aliphatic heterocycles. The van der Waals surface area contributed by atoms with Crippen molar-refractivity contribution in [3.63, 3.8) is 0 Å². The Morgan fingerprint density at radius 1 is 1.07 bits per heavy atom. The van der Waals surface area contributed by atoms with Gasteiger partial charge >= 0.3 is 6.03 Å². The van der Waals surface area contributed by atoms with Crippen LogP contribution in [-0.4, -0.2) is 48.4 Å². The molecular formula is C22H34N4O3. The van der Waals surface area contributed by atoms with Crippen LogP contribution < -0.4 is 16.0 Å². The van der Waals surface area contributed by atoms with E-state index in [-0.39, 0.29) is 29.8 Å². The molecule has 160 valence electrons. The molecule has 0 atom stereocenters. The first-order valence-electron chi connectivity index (χ1n) is 10.6. The minimum Gasteiger partial charge on any atom is -0.356 e. The number of hydrogen-bond acceptors (Lipinski definition) is 3. The molecule has 0 aromatic heterocycles. The zero-order chi connectivity index (χ0) is 21.2. The Kier molecular flexibility index (Phi) is 8.96. The molecule has 1 heterocycles. The van der Waals surface area contributed by atoms with Gasteiger partial charge < -0.3 is 20.9 Å². The fourth-order valence-corrected chi connectivity index (χ4v) is 3.38. The number of carbonyl (C=O) groups is 3. The topological polar surface area (TPSA) is 90.5 Å². The van der Waals surface area contributed by atoms with Crippen LogP contribution in [0.1, 0.15) is 63.2 Å². The number of nitrogens with zero attached hydrogens (tertiary/aromatic N) is 1. The Labute approximate surface area is 173 Å². The molecule has 1 aromatic rings. The number of unbranched alkanes of at least 4 members (excludes halogenated alkanes) is 2. The Hall–Kier alpha value is -2.57. The highest BCUT2D eigenvalue weighted by atomic mass is 16.2. The molecular weight excluding hydrogens is 368 g/mol. The third kappa shape index (κ3) is 7.40. The normalized spacial score (nSPS) is 14.6. The molecule has 3 N–H and O–H groups in total. The number of benzene rings is 1. The van der Waals surface area contributed by atoms with Gasteiger partial charge in [-0.15, -0.1) is 0 Å². The van der Waals surface area contributed by atoms with E-state index in [1.165, 1.54) is 0 Å². The largest absolute Gasteiger partial charge is 0.356 e. The van der Waals surface area contributed by atoms with E-state index < -0.39 is 0 Å². The first-order valence-corrected chi connectivity index (χ1v) is 10.6. The van der Waals surface area contributed by atoms with E-state index >= 15 is 0 Å². The van der Waals surface area contributed by atoms with Crippen molar-refractivity contribution < 1.29 is 14.4 Å². The van der Waals surface area contributed by atoms with Crippen LogP contribution in [0.2, 0.25) is 0 Å². The maximum absolute atomic E-state index is 12.7. The summed E-state index contributed by atoms with van der Waals surface area (Å²) in [6.07, 6.45) is 4.67. The Morgan fingerprint density at radius 2 is 1.72 bits per heavy atom. The molecule has 29 heavy (non-hydrogen) atoms. The molecule has 2 rings (SSSR count). The van der Waals surface area contributed by atoms with Crippen molar-refractivity contribution in [1.29, 1.82) is 0 Å². The molecule has 7 heteroatoms. The summed E-state index contributed by atoms with van der Waals surface area (Å²) in [6, 6.07) is 6.68. The van der Waals surface area contributed by atoms with Crippen LogP contribution >= 0.6 is 0 Å². The molecule has 4 amide bonds. The Morgan fingerprint density at radius 3 is 2.31 bits per heavy atom. The molecule has 1 aliphatic rings. The second-order valence-electron chi connectivity index (χ2n) is 7.90. The second kappa shape index (κ2) is 11.4. The SMILES string of the molecule is CCCCCNC(=O)C1CCN(C(=O)c2ccc(NC(=O)NC(C)C)cc2)CC1. The van der Waals surface area contributed by atoms with Crippen molar-refractivity contribution >= 4 is 23.5 Å². The van der Waals surface area contributed by atoms with Gasteiger partial charge in [0.1, 0.15) is 0 Å². The molecule has 0 unspecified atom stereocenters. The maximum Gasteiger partial charge on any atom is 0.319 e. The lowest BCUT2D eigenvalue weighted by Gasteiger charge is -2.31. The van der Waals surface area contributed by atoms with E-state index in [0.717, 1.165) is 25.8 Å². The second-order valence-corrected chi connectivity index (χ2v) is 7.90. The lowest BCUT2D eigenvalue weighted by atomic mass is 9.95. The molecule has 0 spiro atoms. The minimum absolute atomic E-state index is 0.00766. The summed E-state index contributed by atoms with van der Waals surface area (Å²) in [5.74, 6) is 0.0695. The first-order chi connectivity index (χ1) is 13.9. The van der Waals surface area contributed by atoms with E-state index in [2.05, 4.69) is 22.9 Å². The third-order valence-electron chi connectivity index (χ3n) is 5.04. The van der Waals surface area contributed by atoms with Crippen LogP contribution in [0.5, 0.6) is 0 Å². The first kappa shape index (κ1) is 22.7. The van der Waals surface area contributed by atoms with Crippen molar-refractivity contribution in [1.82, 2.24) is 15.5 Å². The number of likely N-dealkylation sites (tertiary alicyclic amines) is 1. The van der Waals surface area contributed by atoms with Gasteiger partial charge in [-0.05, 0) is 57.4 Å². The Bertz CT molecular complexity index is 680. The van der Waals surface area contributed by atoms with Gasteiger partial charge in [-0.25, -0.2) is 4.79 Å². The van der Waals surface area contributed by atoms with Crippen LogP contribution in [0, 0.1) is 5.92 Å². The number of piperidine rings is 1. The molecule has 0 saturated carbocycles. The van der Waals surface area contributed by atoms with Gasteiger partial charge in [0, 0.05) is 42.8 Å². The van der Waals surface area contributed by atoms with Gasteiger partial charge in [0.15, 0.2) is 0 Å². The van der Waals surface area contributed by atoms with Crippen molar-refractivity contribution in [2.75, 3.05) is 25.0 Å². The summed E-state index contributed by atoms with van der Waals surface area (Å²) in [7, 11) is 0. The monoisotopic (exact) mass is 402 g/mol. The van der Waals surface area contributed by atoms with E-state index in [0.29, 0.717) is 37.2 Å². The van der Waals surface area contributed by atoms with Crippen LogP contribution in [0.4, 0.5) is 10.5 Å². The predicted octanol–water partition coefficient (Wildman–Crippen LogP) is 3.38. The van der Waals surface area contributed by atoms with E-state index in [9.17, 15) is 14.4 Å². The quantitative estimate of drug-likeness (QED) is 0.582. The van der Waals surface area contributed by atoms with Crippen LogP contribution in [0.25, 0.3) is 0 Å². The average Bonchev–Trinajstić information content (AvgIpc) is 2.70. The molecule has 0 radical (unpaired) electrons. The number of urea groups is 1. The minimum atomic E-state index is -0.269. The fraction of sp³-hybridized carbons (Fsp3) is 0.591. The molecule has 0 bridgehead atoms. The van der Waals surface area contributed by atoms with E-state index in [4.69, 9.17) is 0 Å². The molecule has 1 aromatic carbocycles. The summed E-state index contributed by atoms with van der Waals surface area (Å²) in [6.45, 7) is 7.83. The summed E-state index contributed by atoms with van der Waals surface area (Å²) in [5, 5.41) is 8.51. The van der Waals surface area contributed by atoms with Gasteiger partial charge in [0.05, 0.1) is 0 Å². The zero-order valence-corrected chi connectivity index (χ0v) is 17.8. The van der Waals surface area contributed by atoms with E-state index in [1.807, 2.05) is 13.8 Å². The number of amides is 4. The van der Waals surface area contributed by atoms with Gasteiger partial charge in [-0.2, -0.15) is 0 Å². The lowest BCUT2D eigenvalue weighted by Crippen LogP contribution is -2.43. The average molecular weight is 403 g/mol. The van der Waals surface area contributed by atoms with Crippen molar-refractivity contribution in [3.8, 4) is 0 Å². The van der Waals surface area contributed by atoms with Gasteiger partial charge in [-0.3, -0.25) is 9.59 Å². The molecule has 0 aliphatic carbocycles. The van der Waals surface area contributed by atoms with Crippen molar-refractivity contribution in [2.45, 2.75) is 58.9 Å². The molecule has 7 nitrogen and oxygen atoms in total. The van der Waals surface area contributed by atoms with Gasteiger partial charge in [-0.1, -0.05) is 19.8 Å². The summed E-state index contributed by atoms with van der Waals surface area (Å²) in [4.78, 5) is 38.5. The predicted molar refractivity (Wildman–Crippen MR) is 115 cm³/mol. The highest BCUT2D eigenvalue weighted by molar-refractivity contribution is 5.95. The van der Waals surface area contributed by atoms with Gasteiger partial charge in [0.25, 0.3) is 5.91 Å². The summed E-state index contributed by atoms with van der Waals surface area (Å²) >= 11 is 0.